The number of fused-ring (bicyclic) bond motifs is 2. The largest absolute Gasteiger partial charge is 0.484 e. The summed E-state index contributed by atoms with van der Waals surface area (Å²) in [5.41, 5.74) is 1.09. The molecule has 2 aliphatic heterocycles. The van der Waals surface area contributed by atoms with Gasteiger partial charge in [-0.1, -0.05) is 6.92 Å². The number of nitrogens with one attached hydrogen (secondary N) is 1. The van der Waals surface area contributed by atoms with Crippen LogP contribution in [-0.2, 0) is 11.2 Å². The highest BCUT2D eigenvalue weighted by molar-refractivity contribution is 5.85. The number of hydrogen-bond acceptors (Lipinski definition) is 5. The quantitative estimate of drug-likeness (QED) is 0.790. The van der Waals surface area contributed by atoms with Gasteiger partial charge in [0.2, 0.25) is 0 Å². The van der Waals surface area contributed by atoms with Crippen molar-refractivity contribution in [1.82, 2.24) is 10.2 Å². The molecule has 1 aromatic carbocycles. The topological polar surface area (TPSA) is 71.8 Å². The summed E-state index contributed by atoms with van der Waals surface area (Å²) >= 11 is 0. The van der Waals surface area contributed by atoms with Gasteiger partial charge < -0.3 is 19.4 Å². The molecule has 7 heteroatoms. The second-order valence-corrected chi connectivity index (χ2v) is 7.48. The first-order chi connectivity index (χ1) is 13.1. The number of ether oxygens (including phenoxy) is 1. The Morgan fingerprint density at radius 2 is 2.18 bits per heavy atom. The lowest BCUT2D eigenvalue weighted by Gasteiger charge is -2.41. The third-order valence-corrected chi connectivity index (χ3v) is 5.79. The predicted octanol–water partition coefficient (Wildman–Crippen LogP) is 2.76. The minimum absolute atomic E-state index is 0. The molecule has 1 amide bonds. The van der Waals surface area contributed by atoms with Crippen LogP contribution < -0.4 is 15.7 Å². The molecule has 2 saturated heterocycles. The first kappa shape index (κ1) is 20.7. The molecule has 152 valence electrons. The highest BCUT2D eigenvalue weighted by Gasteiger charge is 2.32. The summed E-state index contributed by atoms with van der Waals surface area (Å²) in [6, 6.07) is 7.48. The van der Waals surface area contributed by atoms with E-state index in [9.17, 15) is 9.59 Å². The van der Waals surface area contributed by atoms with E-state index in [0.717, 1.165) is 43.4 Å². The van der Waals surface area contributed by atoms with Crippen molar-refractivity contribution in [2.75, 3.05) is 26.2 Å². The van der Waals surface area contributed by atoms with Gasteiger partial charge in [0.15, 0.2) is 6.61 Å². The zero-order valence-electron chi connectivity index (χ0n) is 16.1. The summed E-state index contributed by atoms with van der Waals surface area (Å²) in [5, 5.41) is 4.47. The fraction of sp³-hybridized carbons (Fsp3) is 0.524. The van der Waals surface area contributed by atoms with Gasteiger partial charge in [-0.25, -0.2) is 4.79 Å². The molecule has 4 rings (SSSR count). The number of benzene rings is 1. The van der Waals surface area contributed by atoms with Gasteiger partial charge in [-0.3, -0.25) is 4.79 Å². The van der Waals surface area contributed by atoms with Crippen molar-refractivity contribution in [2.24, 2.45) is 5.92 Å². The maximum Gasteiger partial charge on any atom is 0.336 e. The maximum absolute atomic E-state index is 12.6. The lowest BCUT2D eigenvalue weighted by atomic mass is 9.85. The summed E-state index contributed by atoms with van der Waals surface area (Å²) in [5.74, 6) is 1.11. The number of likely N-dealkylation sites (tertiary alicyclic amines) is 1. The second kappa shape index (κ2) is 8.97. The molecule has 2 atom stereocenters. The smallest absolute Gasteiger partial charge is 0.336 e. The Hall–Kier alpha value is -2.05. The Bertz CT molecular complexity index is 898. The van der Waals surface area contributed by atoms with Crippen molar-refractivity contribution in [3.63, 3.8) is 0 Å². The van der Waals surface area contributed by atoms with Crippen molar-refractivity contribution >= 4 is 29.3 Å². The molecule has 0 aliphatic carbocycles. The Kier molecular flexibility index (Phi) is 6.62. The summed E-state index contributed by atoms with van der Waals surface area (Å²) in [6.45, 7) is 4.70. The zero-order valence-corrected chi connectivity index (χ0v) is 16.9. The number of carbonyl (C=O) groups excluding carboxylic acids is 1. The van der Waals surface area contributed by atoms with E-state index >= 15 is 0 Å². The van der Waals surface area contributed by atoms with E-state index in [-0.39, 0.29) is 30.5 Å². The molecule has 3 heterocycles. The average Bonchev–Trinajstić information content (AvgIpc) is 2.70. The molecule has 2 fully saturated rings. The van der Waals surface area contributed by atoms with Gasteiger partial charge in [-0.2, -0.15) is 0 Å². The number of hydrogen-bond donors (Lipinski definition) is 1. The molecule has 28 heavy (non-hydrogen) atoms. The van der Waals surface area contributed by atoms with Gasteiger partial charge in [0.05, 0.1) is 0 Å². The predicted molar refractivity (Wildman–Crippen MR) is 110 cm³/mol. The Labute approximate surface area is 170 Å². The van der Waals surface area contributed by atoms with Crippen molar-refractivity contribution < 1.29 is 13.9 Å². The highest BCUT2D eigenvalue weighted by Crippen LogP contribution is 2.26. The molecular weight excluding hydrogens is 380 g/mol. The third kappa shape index (κ3) is 4.33. The summed E-state index contributed by atoms with van der Waals surface area (Å²) < 4.78 is 11.0. The first-order valence-corrected chi connectivity index (χ1v) is 9.85. The first-order valence-electron chi connectivity index (χ1n) is 9.85. The van der Waals surface area contributed by atoms with E-state index in [2.05, 4.69) is 5.32 Å². The minimum Gasteiger partial charge on any atom is -0.484 e. The van der Waals surface area contributed by atoms with E-state index in [1.165, 1.54) is 18.9 Å². The van der Waals surface area contributed by atoms with Gasteiger partial charge in [0, 0.05) is 36.7 Å². The number of piperidine rings is 2. The van der Waals surface area contributed by atoms with Crippen LogP contribution in [0.15, 0.2) is 33.5 Å². The van der Waals surface area contributed by atoms with Crippen molar-refractivity contribution in [1.29, 1.82) is 0 Å². The SMILES string of the molecule is CCc1cc(=O)oc2cc(OCC(=O)N3CC[C@@H]4NCCC[C@@H]4C3)ccc12.Cl. The monoisotopic (exact) mass is 406 g/mol. The van der Waals surface area contributed by atoms with Crippen LogP contribution >= 0.6 is 12.4 Å². The van der Waals surface area contributed by atoms with Crippen LogP contribution in [0.4, 0.5) is 0 Å². The van der Waals surface area contributed by atoms with Gasteiger partial charge in [0.25, 0.3) is 5.91 Å². The van der Waals surface area contributed by atoms with Crippen LogP contribution in [0.5, 0.6) is 5.75 Å². The molecule has 1 N–H and O–H groups in total. The molecule has 0 spiro atoms. The molecule has 1 aromatic heterocycles. The molecule has 0 unspecified atom stereocenters. The Morgan fingerprint density at radius 3 is 3.00 bits per heavy atom. The molecule has 0 bridgehead atoms. The zero-order chi connectivity index (χ0) is 18.8. The molecule has 0 radical (unpaired) electrons. The van der Waals surface area contributed by atoms with Crippen LogP contribution in [0.2, 0.25) is 0 Å². The maximum atomic E-state index is 12.6. The standard InChI is InChI=1S/C21H26N2O4.ClH/c1-2-14-10-21(25)27-19-11-16(5-6-17(14)19)26-13-20(24)23-9-7-18-15(12-23)4-3-8-22-18;/h5-6,10-11,15,18,22H,2-4,7-9,12-13H2,1H3;1H/t15-,18+;/m1./s1. The lowest BCUT2D eigenvalue weighted by Crippen LogP contribution is -2.54. The molecule has 2 aromatic rings. The molecule has 0 saturated carbocycles. The van der Waals surface area contributed by atoms with Crippen LogP contribution in [0.25, 0.3) is 11.0 Å². The summed E-state index contributed by atoms with van der Waals surface area (Å²) in [4.78, 5) is 26.2. The summed E-state index contributed by atoms with van der Waals surface area (Å²) in [7, 11) is 0. The lowest BCUT2D eigenvalue weighted by molar-refractivity contribution is -0.135. The summed E-state index contributed by atoms with van der Waals surface area (Å²) in [6.07, 6.45) is 4.14. The van der Waals surface area contributed by atoms with E-state index in [1.54, 1.807) is 6.07 Å². The number of aryl methyl sites for hydroxylation is 1. The highest BCUT2D eigenvalue weighted by atomic mass is 35.5. The van der Waals surface area contributed by atoms with Crippen LogP contribution in [0.1, 0.15) is 31.7 Å². The van der Waals surface area contributed by atoms with E-state index in [4.69, 9.17) is 9.15 Å². The number of carbonyl (C=O) groups is 1. The molecule has 2 aliphatic rings. The van der Waals surface area contributed by atoms with E-state index < -0.39 is 0 Å². The van der Waals surface area contributed by atoms with Crippen molar-refractivity contribution in [3.8, 4) is 5.75 Å². The normalized spacial score (nSPS) is 21.7. The van der Waals surface area contributed by atoms with Crippen LogP contribution in [0.3, 0.4) is 0 Å². The van der Waals surface area contributed by atoms with Gasteiger partial charge >= 0.3 is 5.63 Å². The van der Waals surface area contributed by atoms with Crippen molar-refractivity contribution in [3.05, 3.63) is 40.2 Å². The van der Waals surface area contributed by atoms with Crippen molar-refractivity contribution in [2.45, 2.75) is 38.6 Å². The molecular formula is C21H27ClN2O4. The van der Waals surface area contributed by atoms with E-state index in [0.29, 0.717) is 23.3 Å². The van der Waals surface area contributed by atoms with Crippen LogP contribution in [0, 0.1) is 5.92 Å². The molecule has 6 nitrogen and oxygen atoms in total. The number of nitrogens with zero attached hydrogens (tertiary/aromatic N) is 1. The number of amides is 1. The van der Waals surface area contributed by atoms with Crippen LogP contribution in [-0.4, -0.2) is 43.1 Å². The Balaban J connectivity index is 0.00000225. The minimum atomic E-state index is -0.364. The Morgan fingerprint density at radius 1 is 1.32 bits per heavy atom. The fourth-order valence-corrected chi connectivity index (χ4v) is 4.30. The fourth-order valence-electron chi connectivity index (χ4n) is 4.30. The van der Waals surface area contributed by atoms with E-state index in [1.807, 2.05) is 24.0 Å². The number of rotatable bonds is 4. The number of halogens is 1. The van der Waals surface area contributed by atoms with Gasteiger partial charge in [-0.15, -0.1) is 12.4 Å². The van der Waals surface area contributed by atoms with Gasteiger partial charge in [-0.05, 0) is 55.8 Å². The average molecular weight is 407 g/mol. The second-order valence-electron chi connectivity index (χ2n) is 7.48. The van der Waals surface area contributed by atoms with Gasteiger partial charge in [0.1, 0.15) is 11.3 Å². The third-order valence-electron chi connectivity index (χ3n) is 5.79.